The molecule has 1 unspecified atom stereocenters. The summed E-state index contributed by atoms with van der Waals surface area (Å²) in [4.78, 5) is 25.5. The predicted molar refractivity (Wildman–Crippen MR) is 88.0 cm³/mol. The number of carbonyl (C=O) groups excluding carboxylic acids is 2. The topological polar surface area (TPSA) is 70.7 Å². The average Bonchev–Trinajstić information content (AvgIpc) is 2.49. The van der Waals surface area contributed by atoms with Gasteiger partial charge in [0, 0.05) is 26.3 Å². The van der Waals surface area contributed by atoms with E-state index in [0.717, 1.165) is 0 Å². The maximum atomic E-state index is 12.1. The van der Waals surface area contributed by atoms with Gasteiger partial charge < -0.3 is 20.3 Å². The molecule has 1 aliphatic heterocycles. The van der Waals surface area contributed by atoms with E-state index in [9.17, 15) is 9.59 Å². The molecule has 1 aromatic rings. The van der Waals surface area contributed by atoms with E-state index in [2.05, 4.69) is 10.6 Å². The van der Waals surface area contributed by atoms with Crippen molar-refractivity contribution >= 4 is 41.5 Å². The number of hydrogen-bond donors (Lipinski definition) is 2. The lowest BCUT2D eigenvalue weighted by atomic mass is 10.1. The summed E-state index contributed by atoms with van der Waals surface area (Å²) >= 11 is 6.03. The van der Waals surface area contributed by atoms with Crippen molar-refractivity contribution < 1.29 is 14.3 Å². The summed E-state index contributed by atoms with van der Waals surface area (Å²) in [7, 11) is 3.29. The van der Waals surface area contributed by atoms with E-state index in [4.69, 9.17) is 16.3 Å². The zero-order valence-electron chi connectivity index (χ0n) is 12.4. The van der Waals surface area contributed by atoms with Gasteiger partial charge in [-0.2, -0.15) is 0 Å². The third kappa shape index (κ3) is 4.58. The van der Waals surface area contributed by atoms with Crippen molar-refractivity contribution in [2.45, 2.75) is 6.04 Å². The summed E-state index contributed by atoms with van der Waals surface area (Å²) in [5.74, 6) is -0.407. The highest BCUT2D eigenvalue weighted by Gasteiger charge is 2.22. The number of carbonyl (C=O) groups is 2. The van der Waals surface area contributed by atoms with Crippen molar-refractivity contribution in [3.8, 4) is 0 Å². The van der Waals surface area contributed by atoms with Crippen LogP contribution in [0.4, 0.5) is 5.69 Å². The van der Waals surface area contributed by atoms with Crippen molar-refractivity contribution in [2.75, 3.05) is 39.2 Å². The number of hydrogen-bond acceptors (Lipinski definition) is 4. The fourth-order valence-corrected chi connectivity index (χ4v) is 2.17. The second kappa shape index (κ2) is 8.33. The molecule has 0 aromatic heterocycles. The van der Waals surface area contributed by atoms with Crippen LogP contribution in [0, 0.1) is 0 Å². The second-order valence-electron chi connectivity index (χ2n) is 4.97. The summed E-state index contributed by atoms with van der Waals surface area (Å²) in [6.45, 7) is 1.58. The first-order chi connectivity index (χ1) is 9.99. The van der Waals surface area contributed by atoms with Gasteiger partial charge in [-0.25, -0.2) is 0 Å². The van der Waals surface area contributed by atoms with Crippen molar-refractivity contribution in [3.63, 3.8) is 0 Å². The van der Waals surface area contributed by atoms with Crippen molar-refractivity contribution in [1.82, 2.24) is 10.2 Å². The van der Waals surface area contributed by atoms with Gasteiger partial charge in [0.1, 0.15) is 6.04 Å². The molecule has 8 heteroatoms. The summed E-state index contributed by atoms with van der Waals surface area (Å²) < 4.78 is 5.25. The Kier molecular flexibility index (Phi) is 7.09. The molecule has 1 aromatic carbocycles. The zero-order chi connectivity index (χ0) is 15.4. The van der Waals surface area contributed by atoms with Crippen LogP contribution >= 0.6 is 24.0 Å². The van der Waals surface area contributed by atoms with E-state index in [1.54, 1.807) is 32.3 Å². The van der Waals surface area contributed by atoms with Crippen LogP contribution in [0.15, 0.2) is 18.2 Å². The quantitative estimate of drug-likeness (QED) is 0.866. The molecule has 1 aliphatic rings. The van der Waals surface area contributed by atoms with Gasteiger partial charge >= 0.3 is 0 Å². The number of benzene rings is 1. The van der Waals surface area contributed by atoms with Crippen LogP contribution in [0.5, 0.6) is 0 Å². The average molecular weight is 348 g/mol. The minimum atomic E-state index is -0.387. The summed E-state index contributed by atoms with van der Waals surface area (Å²) in [5, 5.41) is 6.18. The Hall–Kier alpha value is -1.34. The van der Waals surface area contributed by atoms with Gasteiger partial charge in [-0.05, 0) is 18.2 Å². The highest BCUT2D eigenvalue weighted by molar-refractivity contribution is 6.34. The number of ether oxygens (including phenoxy) is 1. The molecule has 0 aliphatic carbocycles. The van der Waals surface area contributed by atoms with Gasteiger partial charge in [-0.15, -0.1) is 12.4 Å². The lowest BCUT2D eigenvalue weighted by molar-refractivity contribution is -0.120. The molecule has 6 nitrogen and oxygen atoms in total. The maximum Gasteiger partial charge on any atom is 0.254 e. The Labute approximate surface area is 140 Å². The molecule has 22 heavy (non-hydrogen) atoms. The zero-order valence-corrected chi connectivity index (χ0v) is 14.0. The molecule has 1 heterocycles. The van der Waals surface area contributed by atoms with Crippen LogP contribution < -0.4 is 10.6 Å². The van der Waals surface area contributed by atoms with Gasteiger partial charge in [-0.3, -0.25) is 9.59 Å². The lowest BCUT2D eigenvalue weighted by Crippen LogP contribution is -2.48. The minimum Gasteiger partial charge on any atom is -0.378 e. The first-order valence-electron chi connectivity index (χ1n) is 6.62. The smallest absolute Gasteiger partial charge is 0.254 e. The van der Waals surface area contributed by atoms with E-state index in [-0.39, 0.29) is 30.3 Å². The third-order valence-corrected chi connectivity index (χ3v) is 3.44. The van der Waals surface area contributed by atoms with Gasteiger partial charge in [0.2, 0.25) is 5.91 Å². The van der Waals surface area contributed by atoms with Crippen LogP contribution in [0.1, 0.15) is 10.4 Å². The van der Waals surface area contributed by atoms with Gasteiger partial charge in [-0.1, -0.05) is 11.6 Å². The van der Waals surface area contributed by atoms with E-state index in [1.165, 1.54) is 4.90 Å². The first kappa shape index (κ1) is 18.7. The third-order valence-electron chi connectivity index (χ3n) is 3.11. The SMILES string of the molecule is CN(C)C(=O)c1cc(NC(=O)C2COCCN2)ccc1Cl.Cl. The molecule has 1 fully saturated rings. The molecule has 2 N–H and O–H groups in total. The van der Waals surface area contributed by atoms with Crippen LogP contribution in [-0.2, 0) is 9.53 Å². The van der Waals surface area contributed by atoms with Crippen LogP contribution in [0.3, 0.4) is 0 Å². The van der Waals surface area contributed by atoms with Gasteiger partial charge in [0.15, 0.2) is 0 Å². The predicted octanol–water partition coefficient (Wildman–Crippen LogP) is 1.39. The van der Waals surface area contributed by atoms with Gasteiger partial charge in [0.25, 0.3) is 5.91 Å². The molecule has 0 saturated carbocycles. The van der Waals surface area contributed by atoms with E-state index < -0.39 is 0 Å². The minimum absolute atomic E-state index is 0. The van der Waals surface area contributed by atoms with Crippen molar-refractivity contribution in [2.24, 2.45) is 0 Å². The fourth-order valence-electron chi connectivity index (χ4n) is 1.97. The van der Waals surface area contributed by atoms with Crippen molar-refractivity contribution in [3.05, 3.63) is 28.8 Å². The summed E-state index contributed by atoms with van der Waals surface area (Å²) in [5.41, 5.74) is 0.884. The molecule has 0 radical (unpaired) electrons. The Bertz CT molecular complexity index is 546. The number of morpholine rings is 1. The van der Waals surface area contributed by atoms with E-state index in [1.807, 2.05) is 0 Å². The van der Waals surface area contributed by atoms with Crippen molar-refractivity contribution in [1.29, 1.82) is 0 Å². The maximum absolute atomic E-state index is 12.1. The molecule has 2 rings (SSSR count). The Balaban J connectivity index is 0.00000242. The summed E-state index contributed by atoms with van der Waals surface area (Å²) in [6.07, 6.45) is 0. The van der Waals surface area contributed by atoms with Crippen LogP contribution in [-0.4, -0.2) is 56.6 Å². The van der Waals surface area contributed by atoms with E-state index >= 15 is 0 Å². The second-order valence-corrected chi connectivity index (χ2v) is 5.37. The highest BCUT2D eigenvalue weighted by atomic mass is 35.5. The highest BCUT2D eigenvalue weighted by Crippen LogP contribution is 2.22. The molecule has 122 valence electrons. The van der Waals surface area contributed by atoms with Gasteiger partial charge in [0.05, 0.1) is 23.8 Å². The van der Waals surface area contributed by atoms with Crippen LogP contribution in [0.25, 0.3) is 0 Å². The summed E-state index contributed by atoms with van der Waals surface area (Å²) in [6, 6.07) is 4.45. The molecule has 2 amide bonds. The molecule has 1 saturated heterocycles. The molecular weight excluding hydrogens is 329 g/mol. The molecule has 1 atom stereocenters. The fraction of sp³-hybridized carbons (Fsp3) is 0.429. The Morgan fingerprint density at radius 2 is 2.14 bits per heavy atom. The standard InChI is InChI=1S/C14H18ClN3O3.ClH/c1-18(2)14(20)10-7-9(3-4-11(10)15)17-13(19)12-8-21-6-5-16-12;/h3-4,7,12,16H,5-6,8H2,1-2H3,(H,17,19);1H. The number of halogens is 2. The number of nitrogens with one attached hydrogen (secondary N) is 2. The Morgan fingerprint density at radius 3 is 2.73 bits per heavy atom. The lowest BCUT2D eigenvalue weighted by Gasteiger charge is -2.23. The number of rotatable bonds is 3. The number of nitrogens with zero attached hydrogens (tertiary/aromatic N) is 1. The molecule has 0 spiro atoms. The Morgan fingerprint density at radius 1 is 1.41 bits per heavy atom. The van der Waals surface area contributed by atoms with E-state index in [0.29, 0.717) is 36.0 Å². The number of anilines is 1. The first-order valence-corrected chi connectivity index (χ1v) is 7.00. The largest absolute Gasteiger partial charge is 0.378 e. The molecule has 0 bridgehead atoms. The number of amides is 2. The monoisotopic (exact) mass is 347 g/mol. The molecular formula is C14H19Cl2N3O3. The van der Waals surface area contributed by atoms with Crippen LogP contribution in [0.2, 0.25) is 5.02 Å². The normalized spacial score (nSPS) is 17.3.